The number of amides is 1. The number of alkyl halides is 2. The Bertz CT molecular complexity index is 489. The van der Waals surface area contributed by atoms with Crippen molar-refractivity contribution in [3.8, 4) is 0 Å². The number of hydrogen-bond acceptors (Lipinski definition) is 1. The van der Waals surface area contributed by atoms with Crippen molar-refractivity contribution in [1.29, 1.82) is 0 Å². The predicted octanol–water partition coefficient (Wildman–Crippen LogP) is 3.66. The van der Waals surface area contributed by atoms with E-state index in [1.54, 1.807) is 26.0 Å². The van der Waals surface area contributed by atoms with Crippen LogP contribution in [0.3, 0.4) is 0 Å². The summed E-state index contributed by atoms with van der Waals surface area (Å²) in [6.45, 7) is 3.30. The molecule has 1 saturated carbocycles. The second kappa shape index (κ2) is 3.85. The zero-order valence-corrected chi connectivity index (χ0v) is 11.0. The summed E-state index contributed by atoms with van der Waals surface area (Å²) in [6, 6.07) is 4.53. The first-order valence-corrected chi connectivity index (χ1v) is 5.98. The molecule has 1 aromatic rings. The molecule has 2 rings (SSSR count). The Morgan fingerprint density at radius 3 is 2.59 bits per heavy atom. The molecule has 1 N–H and O–H groups in total. The van der Waals surface area contributed by atoms with Gasteiger partial charge >= 0.3 is 0 Å². The van der Waals surface area contributed by atoms with Gasteiger partial charge in [0.2, 0.25) is 5.91 Å². The van der Waals surface area contributed by atoms with Crippen molar-refractivity contribution in [3.63, 3.8) is 0 Å². The fraction of sp³-hybridized carbons (Fsp3) is 0.417. The minimum Gasteiger partial charge on any atom is -0.325 e. The molecule has 92 valence electrons. The summed E-state index contributed by atoms with van der Waals surface area (Å²) in [7, 11) is 0. The van der Waals surface area contributed by atoms with Crippen molar-refractivity contribution in [3.05, 3.63) is 29.6 Å². The second-order valence-electron chi connectivity index (χ2n) is 4.58. The normalized spacial score (nSPS) is 25.5. The Morgan fingerprint density at radius 2 is 2.06 bits per heavy atom. The van der Waals surface area contributed by atoms with Gasteiger partial charge in [0, 0.05) is 11.3 Å². The first-order chi connectivity index (χ1) is 7.78. The quantitative estimate of drug-likeness (QED) is 0.821. The Labute approximate surface area is 109 Å². The van der Waals surface area contributed by atoms with Gasteiger partial charge in [-0.1, -0.05) is 6.07 Å². The average Bonchev–Trinajstić information content (AvgIpc) is 2.75. The van der Waals surface area contributed by atoms with Gasteiger partial charge < -0.3 is 5.32 Å². The lowest BCUT2D eigenvalue weighted by Crippen LogP contribution is -2.26. The molecule has 0 radical (unpaired) electrons. The van der Waals surface area contributed by atoms with Crippen LogP contribution < -0.4 is 5.32 Å². The number of benzene rings is 1. The summed E-state index contributed by atoms with van der Waals surface area (Å²) in [6.07, 6.45) is 0.406. The number of carbonyl (C=O) groups excluding carboxylic acids is 1. The van der Waals surface area contributed by atoms with E-state index in [0.717, 1.165) is 0 Å². The van der Waals surface area contributed by atoms with Crippen molar-refractivity contribution in [2.45, 2.75) is 24.6 Å². The first kappa shape index (κ1) is 12.7. The van der Waals surface area contributed by atoms with Gasteiger partial charge in [-0.15, -0.1) is 23.2 Å². The minimum absolute atomic E-state index is 0.281. The third-order valence-electron chi connectivity index (χ3n) is 3.27. The van der Waals surface area contributed by atoms with Crippen LogP contribution >= 0.6 is 23.2 Å². The summed E-state index contributed by atoms with van der Waals surface area (Å²) in [4.78, 5) is 12.0. The predicted molar refractivity (Wildman–Crippen MR) is 66.9 cm³/mol. The molecule has 0 aromatic heterocycles. The molecule has 1 atom stereocenters. The SMILES string of the molecule is Cc1c(F)cccc1NC(=O)[C@]1(C)CC1(Cl)Cl. The molecule has 0 aliphatic heterocycles. The summed E-state index contributed by atoms with van der Waals surface area (Å²) in [5, 5.41) is 2.66. The maximum absolute atomic E-state index is 13.3. The number of anilines is 1. The number of hydrogen-bond donors (Lipinski definition) is 1. The fourth-order valence-electron chi connectivity index (χ4n) is 1.65. The zero-order valence-electron chi connectivity index (χ0n) is 9.48. The van der Waals surface area contributed by atoms with Crippen LogP contribution in [-0.4, -0.2) is 10.2 Å². The Morgan fingerprint density at radius 1 is 1.47 bits per heavy atom. The summed E-state index contributed by atoms with van der Waals surface area (Å²) in [5.74, 6) is -0.636. The Kier molecular flexibility index (Phi) is 2.87. The number of carbonyl (C=O) groups is 1. The van der Waals surface area contributed by atoms with Gasteiger partial charge in [0.25, 0.3) is 0 Å². The van der Waals surface area contributed by atoms with Gasteiger partial charge in [0.15, 0.2) is 0 Å². The third-order valence-corrected chi connectivity index (χ3v) is 4.38. The number of nitrogens with one attached hydrogen (secondary N) is 1. The van der Waals surface area contributed by atoms with Crippen LogP contribution in [0.15, 0.2) is 18.2 Å². The van der Waals surface area contributed by atoms with E-state index in [-0.39, 0.29) is 11.7 Å². The van der Waals surface area contributed by atoms with E-state index < -0.39 is 9.75 Å². The van der Waals surface area contributed by atoms with E-state index in [9.17, 15) is 9.18 Å². The maximum atomic E-state index is 13.3. The van der Waals surface area contributed by atoms with Crippen LogP contribution in [0, 0.1) is 18.2 Å². The number of rotatable bonds is 2. The third kappa shape index (κ3) is 2.02. The lowest BCUT2D eigenvalue weighted by Gasteiger charge is -2.14. The standard InChI is InChI=1S/C12H12Cl2FNO/c1-7-8(15)4-3-5-9(7)16-10(17)11(2)6-12(11,13)14/h3-5H,6H2,1-2H3,(H,16,17)/t11-/m0/s1. The van der Waals surface area contributed by atoms with E-state index in [1.807, 2.05) is 0 Å². The zero-order chi connectivity index (χ0) is 12.8. The van der Waals surface area contributed by atoms with Crippen LogP contribution in [0.2, 0.25) is 0 Å². The molecule has 1 amide bonds. The molecular weight excluding hydrogens is 264 g/mol. The molecule has 5 heteroatoms. The van der Waals surface area contributed by atoms with E-state index >= 15 is 0 Å². The molecule has 1 aliphatic carbocycles. The highest BCUT2D eigenvalue weighted by Gasteiger charge is 2.67. The second-order valence-corrected chi connectivity index (χ2v) is 6.06. The van der Waals surface area contributed by atoms with Crippen LogP contribution in [-0.2, 0) is 4.79 Å². The average molecular weight is 276 g/mol. The Balaban J connectivity index is 2.18. The molecule has 1 aliphatic rings. The van der Waals surface area contributed by atoms with E-state index in [2.05, 4.69) is 5.32 Å². The lowest BCUT2D eigenvalue weighted by atomic mass is 10.1. The highest BCUT2D eigenvalue weighted by molar-refractivity contribution is 6.53. The van der Waals surface area contributed by atoms with Crippen molar-refractivity contribution >= 4 is 34.8 Å². The molecule has 1 fully saturated rings. The lowest BCUT2D eigenvalue weighted by molar-refractivity contribution is -0.120. The molecule has 0 bridgehead atoms. The molecule has 0 heterocycles. The van der Waals surface area contributed by atoms with Crippen molar-refractivity contribution in [2.75, 3.05) is 5.32 Å². The topological polar surface area (TPSA) is 29.1 Å². The monoisotopic (exact) mass is 275 g/mol. The molecule has 17 heavy (non-hydrogen) atoms. The first-order valence-electron chi connectivity index (χ1n) is 5.22. The summed E-state index contributed by atoms with van der Waals surface area (Å²) >= 11 is 11.8. The van der Waals surface area contributed by atoms with Crippen LogP contribution in [0.5, 0.6) is 0 Å². The van der Waals surface area contributed by atoms with E-state index in [4.69, 9.17) is 23.2 Å². The van der Waals surface area contributed by atoms with Crippen molar-refractivity contribution in [2.24, 2.45) is 5.41 Å². The van der Waals surface area contributed by atoms with Gasteiger partial charge in [0.05, 0.1) is 5.41 Å². The van der Waals surface area contributed by atoms with Crippen LogP contribution in [0.1, 0.15) is 18.9 Å². The van der Waals surface area contributed by atoms with Crippen molar-refractivity contribution < 1.29 is 9.18 Å². The van der Waals surface area contributed by atoms with Gasteiger partial charge in [-0.2, -0.15) is 0 Å². The Hall–Kier alpha value is -0.800. The number of halogens is 3. The van der Waals surface area contributed by atoms with Gasteiger partial charge in [-0.3, -0.25) is 4.79 Å². The highest BCUT2D eigenvalue weighted by Crippen LogP contribution is 2.64. The molecule has 2 nitrogen and oxygen atoms in total. The molecular formula is C12H12Cl2FNO. The molecule has 1 aromatic carbocycles. The smallest absolute Gasteiger partial charge is 0.233 e. The van der Waals surface area contributed by atoms with Crippen LogP contribution in [0.25, 0.3) is 0 Å². The maximum Gasteiger partial charge on any atom is 0.233 e. The largest absolute Gasteiger partial charge is 0.325 e. The molecule has 0 saturated heterocycles. The van der Waals surface area contributed by atoms with E-state index in [1.165, 1.54) is 6.07 Å². The van der Waals surface area contributed by atoms with Crippen molar-refractivity contribution in [1.82, 2.24) is 0 Å². The van der Waals surface area contributed by atoms with Gasteiger partial charge in [0.1, 0.15) is 10.2 Å². The highest BCUT2D eigenvalue weighted by atomic mass is 35.5. The van der Waals surface area contributed by atoms with Crippen LogP contribution in [0.4, 0.5) is 10.1 Å². The molecule has 0 unspecified atom stereocenters. The summed E-state index contributed by atoms with van der Waals surface area (Å²) < 4.78 is 12.3. The van der Waals surface area contributed by atoms with Gasteiger partial charge in [-0.05, 0) is 32.4 Å². The molecule has 0 spiro atoms. The van der Waals surface area contributed by atoms with Gasteiger partial charge in [-0.25, -0.2) is 4.39 Å². The minimum atomic E-state index is -1.02. The fourth-order valence-corrected chi connectivity index (χ4v) is 2.36. The van der Waals surface area contributed by atoms with E-state index in [0.29, 0.717) is 17.7 Å². The summed E-state index contributed by atoms with van der Waals surface area (Å²) in [5.41, 5.74) is 0.0570.